The third-order valence-electron chi connectivity index (χ3n) is 3.49. The summed E-state index contributed by atoms with van der Waals surface area (Å²) >= 11 is 3.05. The fourth-order valence-electron chi connectivity index (χ4n) is 2.29. The molecule has 27 heavy (non-hydrogen) atoms. The summed E-state index contributed by atoms with van der Waals surface area (Å²) in [6.07, 6.45) is 0. The van der Waals surface area contributed by atoms with Gasteiger partial charge in [-0.25, -0.2) is 4.79 Å². The number of hydrogen-bond acceptors (Lipinski definition) is 5. The van der Waals surface area contributed by atoms with Crippen LogP contribution in [0.5, 0.6) is 5.75 Å². The van der Waals surface area contributed by atoms with Crippen molar-refractivity contribution < 1.29 is 17.9 Å². The zero-order chi connectivity index (χ0) is 19.6. The summed E-state index contributed by atoms with van der Waals surface area (Å²) in [7, 11) is 1.40. The van der Waals surface area contributed by atoms with Gasteiger partial charge >= 0.3 is 11.2 Å². The Hall–Kier alpha value is -2.27. The maximum atomic E-state index is 13.0. The number of tetrazole rings is 1. The van der Waals surface area contributed by atoms with E-state index in [-0.39, 0.29) is 34.5 Å². The molecule has 0 saturated heterocycles. The van der Waals surface area contributed by atoms with Crippen molar-refractivity contribution in [2.75, 3.05) is 0 Å². The van der Waals surface area contributed by atoms with Crippen LogP contribution in [0, 0.1) is 0 Å². The molecule has 0 unspecified atom stereocenters. The van der Waals surface area contributed by atoms with E-state index in [1.165, 1.54) is 25.2 Å². The van der Waals surface area contributed by atoms with Crippen LogP contribution < -0.4 is 10.4 Å². The molecule has 3 rings (SSSR count). The van der Waals surface area contributed by atoms with Crippen molar-refractivity contribution in [1.82, 2.24) is 19.8 Å². The first kappa shape index (κ1) is 19.5. The number of thioether (sulfide) groups is 1. The fraction of sp³-hybridized carbons (Fsp3) is 0.188. The van der Waals surface area contributed by atoms with E-state index in [1.807, 2.05) is 0 Å². The summed E-state index contributed by atoms with van der Waals surface area (Å²) < 4.78 is 47.2. The lowest BCUT2D eigenvalue weighted by atomic mass is 10.2. The van der Waals surface area contributed by atoms with Gasteiger partial charge in [-0.3, -0.25) is 0 Å². The molecule has 0 saturated carbocycles. The number of aryl methyl sites for hydroxylation is 1. The highest BCUT2D eigenvalue weighted by molar-refractivity contribution is 9.10. The van der Waals surface area contributed by atoms with Crippen molar-refractivity contribution in [3.05, 3.63) is 63.0 Å². The maximum Gasteiger partial charge on any atom is 0.446 e. The van der Waals surface area contributed by atoms with Gasteiger partial charge < -0.3 is 4.74 Å². The third-order valence-corrected chi connectivity index (χ3v) is 4.98. The first-order chi connectivity index (χ1) is 12.8. The number of aromatic nitrogens is 4. The Balaban J connectivity index is 2.05. The molecule has 0 radical (unpaired) electrons. The Morgan fingerprint density at radius 1 is 1.15 bits per heavy atom. The second-order valence-electron chi connectivity index (χ2n) is 5.32. The Kier molecular flexibility index (Phi) is 5.61. The molecule has 0 atom stereocenters. The van der Waals surface area contributed by atoms with Gasteiger partial charge in [-0.15, -0.1) is 0 Å². The SMILES string of the molecule is Cn1nnn(-c2cccc(SC(F)(F)F)c2COc2ccccc2Br)c1=O. The smallest absolute Gasteiger partial charge is 0.446 e. The third kappa shape index (κ3) is 4.53. The molecule has 6 nitrogen and oxygen atoms in total. The summed E-state index contributed by atoms with van der Waals surface area (Å²) in [5.41, 5.74) is -4.72. The second-order valence-corrected chi connectivity index (χ2v) is 7.28. The molecule has 0 spiro atoms. The predicted molar refractivity (Wildman–Crippen MR) is 97.0 cm³/mol. The number of alkyl halides is 3. The lowest BCUT2D eigenvalue weighted by Gasteiger charge is -2.16. The molecule has 0 aliphatic rings. The average molecular weight is 461 g/mol. The molecular weight excluding hydrogens is 449 g/mol. The van der Waals surface area contributed by atoms with Gasteiger partial charge in [0.2, 0.25) is 0 Å². The zero-order valence-electron chi connectivity index (χ0n) is 13.8. The van der Waals surface area contributed by atoms with Gasteiger partial charge in [-0.2, -0.15) is 22.5 Å². The summed E-state index contributed by atoms with van der Waals surface area (Å²) in [5, 5.41) is 7.33. The molecule has 0 amide bonds. The van der Waals surface area contributed by atoms with Crippen molar-refractivity contribution in [2.24, 2.45) is 7.05 Å². The number of halogens is 4. The molecule has 0 fully saturated rings. The van der Waals surface area contributed by atoms with E-state index < -0.39 is 11.2 Å². The van der Waals surface area contributed by atoms with Gasteiger partial charge in [-0.1, -0.05) is 18.2 Å². The molecule has 0 bridgehead atoms. The van der Waals surface area contributed by atoms with Crippen LogP contribution in [0.2, 0.25) is 0 Å². The van der Waals surface area contributed by atoms with Crippen LogP contribution in [0.4, 0.5) is 13.2 Å². The van der Waals surface area contributed by atoms with E-state index >= 15 is 0 Å². The standard InChI is InChI=1S/C16H12BrF3N4O2S/c1-23-15(25)24(22-21-23)12-6-4-8-14(27-16(18,19)20)10(12)9-26-13-7-3-2-5-11(13)17/h2-8H,9H2,1H3. The van der Waals surface area contributed by atoms with E-state index in [2.05, 4.69) is 26.4 Å². The van der Waals surface area contributed by atoms with Crippen molar-refractivity contribution in [3.8, 4) is 11.4 Å². The minimum atomic E-state index is -4.49. The molecular formula is C16H12BrF3N4O2S. The van der Waals surface area contributed by atoms with Crippen LogP contribution in [0.1, 0.15) is 5.56 Å². The largest absolute Gasteiger partial charge is 0.488 e. The lowest BCUT2D eigenvalue weighted by molar-refractivity contribution is -0.0328. The number of benzene rings is 2. The van der Waals surface area contributed by atoms with Gasteiger partial charge in [0.15, 0.2) is 0 Å². The van der Waals surface area contributed by atoms with E-state index in [0.717, 1.165) is 9.36 Å². The first-order valence-corrected chi connectivity index (χ1v) is 9.11. The lowest BCUT2D eigenvalue weighted by Crippen LogP contribution is -2.23. The molecule has 1 aromatic heterocycles. The normalized spacial score (nSPS) is 11.6. The molecule has 0 aliphatic heterocycles. The topological polar surface area (TPSA) is 61.9 Å². The van der Waals surface area contributed by atoms with Crippen LogP contribution in [0.25, 0.3) is 5.69 Å². The molecule has 142 valence electrons. The minimum Gasteiger partial charge on any atom is -0.488 e. The van der Waals surface area contributed by atoms with Gasteiger partial charge in [0, 0.05) is 17.5 Å². The quantitative estimate of drug-likeness (QED) is 0.540. The Labute approximate surface area is 164 Å². The molecule has 1 heterocycles. The van der Waals surface area contributed by atoms with Crippen LogP contribution in [0.3, 0.4) is 0 Å². The number of hydrogen-bond donors (Lipinski definition) is 0. The molecule has 0 aliphatic carbocycles. The summed E-state index contributed by atoms with van der Waals surface area (Å²) in [5.74, 6) is 0.460. The number of para-hydroxylation sites is 1. The predicted octanol–water partition coefficient (Wildman–Crippen LogP) is 3.92. The molecule has 0 N–H and O–H groups in total. The maximum absolute atomic E-state index is 13.0. The average Bonchev–Trinajstić information content (AvgIpc) is 2.93. The van der Waals surface area contributed by atoms with Gasteiger partial charge in [0.05, 0.1) is 10.2 Å². The highest BCUT2D eigenvalue weighted by atomic mass is 79.9. The number of nitrogens with zero attached hydrogens (tertiary/aromatic N) is 4. The van der Waals surface area contributed by atoms with Crippen molar-refractivity contribution in [2.45, 2.75) is 17.0 Å². The zero-order valence-corrected chi connectivity index (χ0v) is 16.2. The number of ether oxygens (including phenoxy) is 1. The Bertz CT molecular complexity index is 1020. The monoisotopic (exact) mass is 460 g/mol. The van der Waals surface area contributed by atoms with Gasteiger partial charge in [0.1, 0.15) is 12.4 Å². The van der Waals surface area contributed by atoms with Crippen LogP contribution in [-0.4, -0.2) is 25.3 Å². The van der Waals surface area contributed by atoms with E-state index in [1.54, 1.807) is 24.3 Å². The van der Waals surface area contributed by atoms with Crippen molar-refractivity contribution in [3.63, 3.8) is 0 Å². The van der Waals surface area contributed by atoms with E-state index in [4.69, 9.17) is 4.74 Å². The molecule has 2 aromatic carbocycles. The van der Waals surface area contributed by atoms with E-state index in [9.17, 15) is 18.0 Å². The summed E-state index contributed by atoms with van der Waals surface area (Å²) in [6.45, 7) is -0.194. The minimum absolute atomic E-state index is 0.0791. The fourth-order valence-corrected chi connectivity index (χ4v) is 3.38. The van der Waals surface area contributed by atoms with Gasteiger partial charge in [-0.05, 0) is 62.4 Å². The molecule has 3 aromatic rings. The highest BCUT2D eigenvalue weighted by Crippen LogP contribution is 2.40. The number of rotatable bonds is 5. The van der Waals surface area contributed by atoms with Crippen molar-refractivity contribution >= 4 is 27.7 Å². The second kappa shape index (κ2) is 7.77. The Morgan fingerprint density at radius 3 is 2.52 bits per heavy atom. The van der Waals surface area contributed by atoms with Gasteiger partial charge in [0.25, 0.3) is 0 Å². The molecule has 11 heteroatoms. The van der Waals surface area contributed by atoms with Crippen LogP contribution in [-0.2, 0) is 13.7 Å². The summed E-state index contributed by atoms with van der Waals surface area (Å²) in [6, 6.07) is 11.2. The van der Waals surface area contributed by atoms with Crippen LogP contribution >= 0.6 is 27.7 Å². The summed E-state index contributed by atoms with van der Waals surface area (Å²) in [4.78, 5) is 12.1. The Morgan fingerprint density at radius 2 is 1.89 bits per heavy atom. The van der Waals surface area contributed by atoms with Crippen LogP contribution in [0.15, 0.2) is 56.6 Å². The highest BCUT2D eigenvalue weighted by Gasteiger charge is 2.31. The first-order valence-electron chi connectivity index (χ1n) is 7.50. The van der Waals surface area contributed by atoms with E-state index in [0.29, 0.717) is 10.2 Å². The van der Waals surface area contributed by atoms with Crippen molar-refractivity contribution in [1.29, 1.82) is 0 Å².